The number of allylic oxidation sites excluding steroid dienone is 1. The summed E-state index contributed by atoms with van der Waals surface area (Å²) in [5.41, 5.74) is 1.47. The molecule has 2 fully saturated rings. The Kier molecular flexibility index (Phi) is 4.56. The molecule has 2 aromatic rings. The molecule has 2 aliphatic rings. The molecular formula is C19H17ClO5S2. The monoisotopic (exact) mass is 424 g/mol. The molecule has 0 bridgehead atoms. The fourth-order valence-corrected chi connectivity index (χ4v) is 6.26. The van der Waals surface area contributed by atoms with Crippen molar-refractivity contribution in [1.29, 1.82) is 0 Å². The van der Waals surface area contributed by atoms with Gasteiger partial charge in [-0.15, -0.1) is 11.3 Å². The quantitative estimate of drug-likeness (QED) is 0.408. The lowest BCUT2D eigenvalue weighted by molar-refractivity contribution is -0.146. The van der Waals surface area contributed by atoms with Crippen LogP contribution in [0.3, 0.4) is 0 Å². The zero-order valence-corrected chi connectivity index (χ0v) is 16.7. The number of cyclic esters (lactones) is 1. The molecule has 2 atom stereocenters. The van der Waals surface area contributed by atoms with E-state index < -0.39 is 15.5 Å². The van der Waals surface area contributed by atoms with Crippen molar-refractivity contribution in [3.63, 3.8) is 0 Å². The zero-order valence-electron chi connectivity index (χ0n) is 14.3. The number of rotatable bonds is 5. The Balaban J connectivity index is 1.51. The first kappa shape index (κ1) is 18.5. The summed E-state index contributed by atoms with van der Waals surface area (Å²) in [6.45, 7) is 4.48. The van der Waals surface area contributed by atoms with Crippen LogP contribution < -0.4 is 4.18 Å². The van der Waals surface area contributed by atoms with Crippen LogP contribution in [0.2, 0.25) is 4.34 Å². The lowest BCUT2D eigenvalue weighted by Crippen LogP contribution is -2.31. The van der Waals surface area contributed by atoms with Crippen molar-refractivity contribution in [3.8, 4) is 5.75 Å². The highest BCUT2D eigenvalue weighted by atomic mass is 35.5. The molecule has 27 heavy (non-hydrogen) atoms. The van der Waals surface area contributed by atoms with Crippen molar-refractivity contribution >= 4 is 39.0 Å². The van der Waals surface area contributed by atoms with Crippen LogP contribution >= 0.6 is 22.9 Å². The van der Waals surface area contributed by atoms with E-state index in [9.17, 15) is 13.2 Å². The molecule has 2 unspecified atom stereocenters. The van der Waals surface area contributed by atoms with E-state index in [0.29, 0.717) is 23.8 Å². The average molecular weight is 425 g/mol. The third-order valence-electron chi connectivity index (χ3n) is 5.15. The molecule has 1 aliphatic heterocycles. The van der Waals surface area contributed by atoms with Gasteiger partial charge >= 0.3 is 16.1 Å². The molecule has 1 aliphatic carbocycles. The van der Waals surface area contributed by atoms with Crippen molar-refractivity contribution in [1.82, 2.24) is 0 Å². The maximum atomic E-state index is 12.4. The van der Waals surface area contributed by atoms with Crippen LogP contribution in [0.1, 0.15) is 18.4 Å². The van der Waals surface area contributed by atoms with Crippen LogP contribution in [0.25, 0.3) is 0 Å². The van der Waals surface area contributed by atoms with E-state index in [0.717, 1.165) is 28.9 Å². The minimum atomic E-state index is -3.91. The highest BCUT2D eigenvalue weighted by Crippen LogP contribution is 2.52. The fourth-order valence-electron chi connectivity index (χ4n) is 3.89. The van der Waals surface area contributed by atoms with E-state index in [4.69, 9.17) is 20.5 Å². The molecule has 1 saturated heterocycles. The van der Waals surface area contributed by atoms with E-state index in [1.54, 1.807) is 24.3 Å². The first-order valence-electron chi connectivity index (χ1n) is 8.41. The topological polar surface area (TPSA) is 69.7 Å². The molecule has 8 heteroatoms. The number of carbonyl (C=O) groups excluding carboxylic acids is 1. The molecule has 1 saturated carbocycles. The maximum Gasteiger partial charge on any atom is 0.348 e. The first-order valence-corrected chi connectivity index (χ1v) is 11.0. The Hall–Kier alpha value is -1.83. The molecule has 4 rings (SSSR count). The second-order valence-corrected chi connectivity index (χ2v) is 10.5. The minimum Gasteiger partial charge on any atom is -0.465 e. The van der Waals surface area contributed by atoms with Gasteiger partial charge in [-0.25, -0.2) is 0 Å². The molecular weight excluding hydrogens is 408 g/mol. The summed E-state index contributed by atoms with van der Waals surface area (Å²) < 4.78 is 35.4. The van der Waals surface area contributed by atoms with Crippen molar-refractivity contribution in [2.24, 2.45) is 11.3 Å². The lowest BCUT2D eigenvalue weighted by atomic mass is 9.75. The van der Waals surface area contributed by atoms with Gasteiger partial charge in [-0.2, -0.15) is 8.42 Å². The number of thiophene rings is 1. The zero-order chi connectivity index (χ0) is 19.2. The summed E-state index contributed by atoms with van der Waals surface area (Å²) in [6.07, 6.45) is 2.00. The van der Waals surface area contributed by atoms with Crippen LogP contribution in [0.5, 0.6) is 5.75 Å². The van der Waals surface area contributed by atoms with Gasteiger partial charge in [0.1, 0.15) is 5.75 Å². The summed E-state index contributed by atoms with van der Waals surface area (Å²) in [4.78, 5) is 12.4. The van der Waals surface area contributed by atoms with Crippen molar-refractivity contribution < 1.29 is 22.1 Å². The van der Waals surface area contributed by atoms with Gasteiger partial charge in [-0.3, -0.25) is 4.79 Å². The largest absolute Gasteiger partial charge is 0.465 e. The van der Waals surface area contributed by atoms with Gasteiger partial charge in [-0.05, 0) is 49.1 Å². The third kappa shape index (κ3) is 3.39. The number of fused-ring (bicyclic) bond motifs is 1. The number of hydrogen-bond donors (Lipinski definition) is 0. The Bertz CT molecular complexity index is 1010. The molecule has 1 aromatic carbocycles. The van der Waals surface area contributed by atoms with Gasteiger partial charge in [0.25, 0.3) is 0 Å². The van der Waals surface area contributed by atoms with Crippen LogP contribution in [-0.4, -0.2) is 21.0 Å². The van der Waals surface area contributed by atoms with E-state index in [-0.39, 0.29) is 21.8 Å². The van der Waals surface area contributed by atoms with Crippen LogP contribution in [0, 0.1) is 11.3 Å². The van der Waals surface area contributed by atoms with Crippen LogP contribution in [0.15, 0.2) is 52.8 Å². The average Bonchev–Trinajstić information content (AvgIpc) is 3.25. The highest BCUT2D eigenvalue weighted by Gasteiger charge is 2.55. The predicted octanol–water partition coefficient (Wildman–Crippen LogP) is 4.22. The summed E-state index contributed by atoms with van der Waals surface area (Å²) in [5, 5.41) is 0. The number of carbonyl (C=O) groups is 1. The van der Waals surface area contributed by atoms with Gasteiger partial charge in [0, 0.05) is 5.92 Å². The first-order chi connectivity index (χ1) is 12.8. The highest BCUT2D eigenvalue weighted by molar-refractivity contribution is 7.89. The lowest BCUT2D eigenvalue weighted by Gasteiger charge is -2.24. The second-order valence-electron chi connectivity index (χ2n) is 7.00. The molecule has 142 valence electrons. The number of halogens is 1. The van der Waals surface area contributed by atoms with E-state index in [2.05, 4.69) is 6.58 Å². The summed E-state index contributed by atoms with van der Waals surface area (Å²) in [7, 11) is -3.91. The van der Waals surface area contributed by atoms with E-state index >= 15 is 0 Å². The SMILES string of the molecule is C=C1CC2COC(=O)C2(Cc2ccc(OS(=O)(=O)c3ccc(Cl)s3)cc2)C1. The van der Waals surface area contributed by atoms with E-state index in [1.165, 1.54) is 12.1 Å². The Labute approximate surface area is 166 Å². The molecule has 0 spiro atoms. The van der Waals surface area contributed by atoms with Gasteiger partial charge < -0.3 is 8.92 Å². The Morgan fingerprint density at radius 3 is 2.67 bits per heavy atom. The van der Waals surface area contributed by atoms with Gasteiger partial charge in [0.2, 0.25) is 0 Å². The van der Waals surface area contributed by atoms with Crippen molar-refractivity contribution in [2.75, 3.05) is 6.61 Å². The smallest absolute Gasteiger partial charge is 0.348 e. The fraction of sp³-hybridized carbons (Fsp3) is 0.316. The standard InChI is InChI=1S/C19H17ClO5S2/c1-12-8-14-11-24-18(21)19(14,9-12)10-13-2-4-15(5-3-13)25-27(22,23)17-7-6-16(20)26-17/h2-7,14H,1,8-11H2. The third-order valence-corrected chi connectivity index (χ3v) is 8.08. The summed E-state index contributed by atoms with van der Waals surface area (Å²) in [5.74, 6) is 0.211. The molecule has 5 nitrogen and oxygen atoms in total. The van der Waals surface area contributed by atoms with Crippen LogP contribution in [-0.2, 0) is 26.1 Å². The summed E-state index contributed by atoms with van der Waals surface area (Å²) >= 11 is 6.73. The molecule has 0 N–H and O–H groups in total. The van der Waals surface area contributed by atoms with Crippen molar-refractivity contribution in [3.05, 3.63) is 58.5 Å². The molecule has 0 amide bonds. The van der Waals surface area contributed by atoms with Gasteiger partial charge in [0.05, 0.1) is 16.4 Å². The summed E-state index contributed by atoms with van der Waals surface area (Å²) in [6, 6.07) is 9.68. The molecule has 0 radical (unpaired) electrons. The van der Waals surface area contributed by atoms with Gasteiger partial charge in [0.15, 0.2) is 4.21 Å². The van der Waals surface area contributed by atoms with Crippen molar-refractivity contribution in [2.45, 2.75) is 23.5 Å². The number of esters is 1. The minimum absolute atomic E-state index is 0.0523. The van der Waals surface area contributed by atoms with Crippen LogP contribution in [0.4, 0.5) is 0 Å². The normalized spacial score (nSPS) is 24.7. The molecule has 1 aromatic heterocycles. The molecule has 2 heterocycles. The maximum absolute atomic E-state index is 12.4. The Morgan fingerprint density at radius 1 is 1.26 bits per heavy atom. The van der Waals surface area contributed by atoms with Gasteiger partial charge in [-0.1, -0.05) is 35.9 Å². The number of hydrogen-bond acceptors (Lipinski definition) is 6. The second kappa shape index (κ2) is 6.65. The predicted molar refractivity (Wildman–Crippen MR) is 103 cm³/mol. The Morgan fingerprint density at radius 2 is 2.00 bits per heavy atom. The number of benzene rings is 1. The van der Waals surface area contributed by atoms with E-state index in [1.807, 2.05) is 0 Å². The number of ether oxygens (including phenoxy) is 1.